The predicted molar refractivity (Wildman–Crippen MR) is 104 cm³/mol. The third-order valence-electron chi connectivity index (χ3n) is 5.31. The highest BCUT2D eigenvalue weighted by Gasteiger charge is 2.39. The summed E-state index contributed by atoms with van der Waals surface area (Å²) in [6.07, 6.45) is 2.73. The van der Waals surface area contributed by atoms with Gasteiger partial charge in [-0.25, -0.2) is 8.42 Å². The lowest BCUT2D eigenvalue weighted by Crippen LogP contribution is -2.09. The van der Waals surface area contributed by atoms with Gasteiger partial charge in [-0.3, -0.25) is 0 Å². The first-order valence-electron chi connectivity index (χ1n) is 8.97. The molecule has 1 aliphatic rings. The van der Waals surface area contributed by atoms with Crippen LogP contribution in [-0.4, -0.2) is 8.42 Å². The maximum Gasteiger partial charge on any atom is 0.208 e. The fourth-order valence-corrected chi connectivity index (χ4v) is 6.27. The summed E-state index contributed by atoms with van der Waals surface area (Å²) < 4.78 is 26.9. The van der Waals surface area contributed by atoms with Gasteiger partial charge in [-0.05, 0) is 60.1 Å². The SMILES string of the molecule is CCc1cc2c(c(CC)c1N)S(=O)(=O)c1c-2cc(CC)c(N)c1CC. The van der Waals surface area contributed by atoms with E-state index in [2.05, 4.69) is 0 Å². The van der Waals surface area contributed by atoms with Gasteiger partial charge < -0.3 is 11.5 Å². The zero-order valence-electron chi connectivity index (χ0n) is 15.4. The van der Waals surface area contributed by atoms with Gasteiger partial charge in [0, 0.05) is 22.5 Å². The first-order valence-corrected chi connectivity index (χ1v) is 10.4. The third kappa shape index (κ3) is 2.29. The van der Waals surface area contributed by atoms with Crippen molar-refractivity contribution in [2.45, 2.75) is 63.2 Å². The third-order valence-corrected chi connectivity index (χ3v) is 7.32. The minimum absolute atomic E-state index is 0.391. The quantitative estimate of drug-likeness (QED) is 0.692. The van der Waals surface area contributed by atoms with Crippen molar-refractivity contribution in [1.29, 1.82) is 0 Å². The van der Waals surface area contributed by atoms with Crippen LogP contribution >= 0.6 is 0 Å². The second-order valence-corrected chi connectivity index (χ2v) is 8.35. The molecule has 4 nitrogen and oxygen atoms in total. The van der Waals surface area contributed by atoms with Gasteiger partial charge in [-0.15, -0.1) is 0 Å². The highest BCUT2D eigenvalue weighted by atomic mass is 32.2. The Hall–Kier alpha value is -2.01. The lowest BCUT2D eigenvalue weighted by Gasteiger charge is -2.14. The van der Waals surface area contributed by atoms with E-state index in [1.165, 1.54) is 0 Å². The van der Waals surface area contributed by atoms with E-state index in [1.807, 2.05) is 39.8 Å². The summed E-state index contributed by atoms with van der Waals surface area (Å²) in [4.78, 5) is 0.782. The largest absolute Gasteiger partial charge is 0.398 e. The lowest BCUT2D eigenvalue weighted by molar-refractivity contribution is 0.597. The molecule has 0 bridgehead atoms. The maximum absolute atomic E-state index is 13.4. The van der Waals surface area contributed by atoms with Crippen LogP contribution in [0.2, 0.25) is 0 Å². The molecule has 0 amide bonds. The van der Waals surface area contributed by atoms with Crippen molar-refractivity contribution in [2.24, 2.45) is 0 Å². The van der Waals surface area contributed by atoms with Gasteiger partial charge in [0.1, 0.15) is 0 Å². The first-order chi connectivity index (χ1) is 11.8. The smallest absolute Gasteiger partial charge is 0.208 e. The van der Waals surface area contributed by atoms with Crippen LogP contribution in [0.1, 0.15) is 49.9 Å². The Balaban J connectivity index is 2.53. The van der Waals surface area contributed by atoms with Crippen molar-refractivity contribution in [3.05, 3.63) is 34.4 Å². The summed E-state index contributed by atoms with van der Waals surface area (Å²) in [5.74, 6) is 0. The Labute approximate surface area is 150 Å². The number of hydrogen-bond acceptors (Lipinski definition) is 4. The molecule has 25 heavy (non-hydrogen) atoms. The summed E-state index contributed by atoms with van der Waals surface area (Å²) in [6, 6.07) is 3.92. The molecule has 0 atom stereocenters. The normalized spacial score (nSPS) is 14.4. The van der Waals surface area contributed by atoms with E-state index in [4.69, 9.17) is 11.5 Å². The maximum atomic E-state index is 13.4. The molecule has 0 radical (unpaired) electrons. The van der Waals surface area contributed by atoms with E-state index in [9.17, 15) is 8.42 Å². The lowest BCUT2D eigenvalue weighted by atomic mass is 9.92. The van der Waals surface area contributed by atoms with E-state index >= 15 is 0 Å². The molecule has 0 aromatic heterocycles. The van der Waals surface area contributed by atoms with Crippen molar-refractivity contribution in [2.75, 3.05) is 11.5 Å². The molecule has 1 aliphatic heterocycles. The molecule has 2 aromatic rings. The number of anilines is 2. The second kappa shape index (κ2) is 6.06. The van der Waals surface area contributed by atoms with Crippen molar-refractivity contribution in [1.82, 2.24) is 0 Å². The zero-order valence-corrected chi connectivity index (χ0v) is 16.2. The van der Waals surface area contributed by atoms with Crippen LogP contribution in [0.15, 0.2) is 21.9 Å². The molecular formula is C20H26N2O2S. The van der Waals surface area contributed by atoms with E-state index < -0.39 is 9.84 Å². The van der Waals surface area contributed by atoms with Gasteiger partial charge in [-0.1, -0.05) is 27.7 Å². The first kappa shape index (κ1) is 17.8. The molecule has 4 N–H and O–H groups in total. The summed E-state index contributed by atoms with van der Waals surface area (Å²) in [6.45, 7) is 7.99. The number of nitrogen functional groups attached to an aromatic ring is 2. The van der Waals surface area contributed by atoms with Crippen molar-refractivity contribution < 1.29 is 8.42 Å². The summed E-state index contributed by atoms with van der Waals surface area (Å²) in [5, 5.41) is 0. The van der Waals surface area contributed by atoms with Crippen LogP contribution in [-0.2, 0) is 35.5 Å². The van der Waals surface area contributed by atoms with E-state index in [-0.39, 0.29) is 0 Å². The highest BCUT2D eigenvalue weighted by molar-refractivity contribution is 7.92. The molecule has 0 saturated heterocycles. The molecule has 0 unspecified atom stereocenters. The molecule has 3 rings (SSSR count). The van der Waals surface area contributed by atoms with Crippen molar-refractivity contribution in [3.8, 4) is 11.1 Å². The number of aryl methyl sites for hydroxylation is 2. The summed E-state index contributed by atoms with van der Waals surface area (Å²) in [5.41, 5.74) is 18.9. The summed E-state index contributed by atoms with van der Waals surface area (Å²) >= 11 is 0. The van der Waals surface area contributed by atoms with Crippen LogP contribution in [0.25, 0.3) is 11.1 Å². The highest BCUT2D eigenvalue weighted by Crippen LogP contribution is 2.50. The van der Waals surface area contributed by atoms with E-state index in [1.54, 1.807) is 0 Å². The molecule has 2 aromatic carbocycles. The van der Waals surface area contributed by atoms with Gasteiger partial charge in [-0.2, -0.15) is 0 Å². The number of rotatable bonds is 4. The average molecular weight is 359 g/mol. The molecule has 0 fully saturated rings. The van der Waals surface area contributed by atoms with Gasteiger partial charge in [0.2, 0.25) is 9.84 Å². The number of nitrogens with two attached hydrogens (primary N) is 2. The number of hydrogen-bond donors (Lipinski definition) is 2. The molecule has 1 heterocycles. The van der Waals surface area contributed by atoms with Crippen LogP contribution < -0.4 is 11.5 Å². The summed E-state index contributed by atoms with van der Waals surface area (Å²) in [7, 11) is -3.61. The number of fused-ring (bicyclic) bond motifs is 3. The Morgan fingerprint density at radius 3 is 1.36 bits per heavy atom. The van der Waals surface area contributed by atoms with Crippen LogP contribution in [0.3, 0.4) is 0 Å². The Morgan fingerprint density at radius 1 is 0.720 bits per heavy atom. The molecule has 5 heteroatoms. The second-order valence-electron chi connectivity index (χ2n) is 6.53. The van der Waals surface area contributed by atoms with Crippen LogP contribution in [0.4, 0.5) is 11.4 Å². The van der Waals surface area contributed by atoms with Gasteiger partial charge in [0.15, 0.2) is 0 Å². The topological polar surface area (TPSA) is 86.2 Å². The monoisotopic (exact) mass is 358 g/mol. The Morgan fingerprint density at radius 2 is 1.08 bits per heavy atom. The molecule has 0 aliphatic carbocycles. The fraction of sp³-hybridized carbons (Fsp3) is 0.400. The molecule has 134 valence electrons. The van der Waals surface area contributed by atoms with E-state index in [0.717, 1.165) is 46.2 Å². The van der Waals surface area contributed by atoms with Crippen LogP contribution in [0, 0.1) is 0 Å². The van der Waals surface area contributed by atoms with Crippen molar-refractivity contribution >= 4 is 21.2 Å². The number of sulfone groups is 1. The van der Waals surface area contributed by atoms with Crippen LogP contribution in [0.5, 0.6) is 0 Å². The predicted octanol–water partition coefficient (Wildman–Crippen LogP) is 3.91. The van der Waals surface area contributed by atoms with Gasteiger partial charge in [0.25, 0.3) is 0 Å². The average Bonchev–Trinajstić information content (AvgIpc) is 2.81. The fourth-order valence-electron chi connectivity index (χ4n) is 4.00. The van der Waals surface area contributed by atoms with E-state index in [0.29, 0.717) is 34.0 Å². The van der Waals surface area contributed by atoms with Crippen molar-refractivity contribution in [3.63, 3.8) is 0 Å². The zero-order chi connectivity index (χ0) is 18.5. The minimum atomic E-state index is -3.61. The Bertz CT molecular complexity index is 903. The number of benzene rings is 2. The minimum Gasteiger partial charge on any atom is -0.398 e. The Kier molecular flexibility index (Phi) is 4.31. The molecular weight excluding hydrogens is 332 g/mol. The molecule has 0 spiro atoms. The van der Waals surface area contributed by atoms with Gasteiger partial charge in [0.05, 0.1) is 9.79 Å². The standard InChI is InChI=1S/C20H26N2O2S/c1-5-11-9-15-16-10-12(6-2)18(22)14(8-4)20(16)25(23,24)19(15)13(7-3)17(11)21/h9-10H,5-8,21-22H2,1-4H3. The molecule has 0 saturated carbocycles. The van der Waals surface area contributed by atoms with Gasteiger partial charge >= 0.3 is 0 Å².